The van der Waals surface area contributed by atoms with Gasteiger partial charge in [-0.3, -0.25) is 4.90 Å². The molecule has 0 aromatic heterocycles. The van der Waals surface area contributed by atoms with Crippen LogP contribution < -0.4 is 5.32 Å². The molecule has 2 fully saturated rings. The maximum Gasteiger partial charge on any atom is 0.0702 e. The number of nitrogens with zero attached hydrogens (tertiary/aromatic N) is 1. The molecule has 2 atom stereocenters. The minimum Gasteiger partial charge on any atom is -0.377 e. The molecule has 2 aliphatic heterocycles. The van der Waals surface area contributed by atoms with Gasteiger partial charge in [0.05, 0.1) is 6.10 Å². The normalized spacial score (nSPS) is 30.7. The van der Waals surface area contributed by atoms with Gasteiger partial charge in [-0.25, -0.2) is 0 Å². The molecular formula is C14H28N2O. The molecule has 0 amide bonds. The Hall–Kier alpha value is -0.120. The molecule has 0 radical (unpaired) electrons. The average Bonchev–Trinajstić information content (AvgIpc) is 2.40. The first kappa shape index (κ1) is 13.3. The summed E-state index contributed by atoms with van der Waals surface area (Å²) in [5.41, 5.74) is 0. The fraction of sp³-hybridized carbons (Fsp3) is 1.00. The molecule has 0 aromatic rings. The Morgan fingerprint density at radius 3 is 2.82 bits per heavy atom. The summed E-state index contributed by atoms with van der Waals surface area (Å²) in [6.07, 6.45) is 8.32. The van der Waals surface area contributed by atoms with Gasteiger partial charge in [0.2, 0.25) is 0 Å². The summed E-state index contributed by atoms with van der Waals surface area (Å²) in [5.74, 6) is 0. The fourth-order valence-corrected chi connectivity index (χ4v) is 3.07. The Morgan fingerprint density at radius 1 is 1.24 bits per heavy atom. The third-order valence-corrected chi connectivity index (χ3v) is 4.01. The van der Waals surface area contributed by atoms with Gasteiger partial charge in [-0.2, -0.15) is 0 Å². The highest BCUT2D eigenvalue weighted by Crippen LogP contribution is 2.17. The summed E-state index contributed by atoms with van der Waals surface area (Å²) in [5, 5.41) is 3.53. The molecule has 2 heterocycles. The van der Waals surface area contributed by atoms with E-state index in [0.717, 1.165) is 19.2 Å². The number of nitrogens with one attached hydrogen (secondary N) is 1. The van der Waals surface area contributed by atoms with Gasteiger partial charge in [0.25, 0.3) is 0 Å². The van der Waals surface area contributed by atoms with Crippen LogP contribution in [0, 0.1) is 0 Å². The Kier molecular flexibility index (Phi) is 5.75. The summed E-state index contributed by atoms with van der Waals surface area (Å²) in [7, 11) is 0. The molecule has 3 nitrogen and oxygen atoms in total. The van der Waals surface area contributed by atoms with Gasteiger partial charge >= 0.3 is 0 Å². The van der Waals surface area contributed by atoms with Crippen molar-refractivity contribution >= 4 is 0 Å². The Balaban J connectivity index is 1.81. The van der Waals surface area contributed by atoms with Crippen molar-refractivity contribution in [3.05, 3.63) is 0 Å². The van der Waals surface area contributed by atoms with E-state index in [0.29, 0.717) is 6.10 Å². The Morgan fingerprint density at radius 2 is 2.18 bits per heavy atom. The van der Waals surface area contributed by atoms with E-state index in [1.165, 1.54) is 58.2 Å². The quantitative estimate of drug-likeness (QED) is 0.795. The lowest BCUT2D eigenvalue weighted by Gasteiger charge is -2.37. The van der Waals surface area contributed by atoms with Crippen molar-refractivity contribution in [2.24, 2.45) is 0 Å². The molecule has 0 aromatic carbocycles. The summed E-state index contributed by atoms with van der Waals surface area (Å²) in [6.45, 7) is 8.02. The minimum absolute atomic E-state index is 0.497. The first-order valence-corrected chi connectivity index (χ1v) is 7.46. The van der Waals surface area contributed by atoms with Crippen LogP contribution in [-0.4, -0.2) is 49.8 Å². The predicted molar refractivity (Wildman–Crippen MR) is 71.3 cm³/mol. The fourth-order valence-electron chi connectivity index (χ4n) is 3.07. The van der Waals surface area contributed by atoms with E-state index in [1.54, 1.807) is 0 Å². The Labute approximate surface area is 106 Å². The molecule has 0 aliphatic carbocycles. The molecule has 3 heteroatoms. The van der Waals surface area contributed by atoms with Crippen LogP contribution in [0.5, 0.6) is 0 Å². The highest BCUT2D eigenvalue weighted by atomic mass is 16.5. The van der Waals surface area contributed by atoms with Crippen LogP contribution in [0.1, 0.15) is 45.4 Å². The van der Waals surface area contributed by atoms with Crippen LogP contribution in [0.25, 0.3) is 0 Å². The highest BCUT2D eigenvalue weighted by molar-refractivity contribution is 4.81. The van der Waals surface area contributed by atoms with E-state index < -0.39 is 0 Å². The van der Waals surface area contributed by atoms with Gasteiger partial charge in [0.15, 0.2) is 0 Å². The van der Waals surface area contributed by atoms with Gasteiger partial charge in [-0.05, 0) is 51.6 Å². The van der Waals surface area contributed by atoms with Crippen LogP contribution >= 0.6 is 0 Å². The third kappa shape index (κ3) is 4.23. The molecule has 2 rings (SSSR count). The number of rotatable bonds is 5. The van der Waals surface area contributed by atoms with Gasteiger partial charge in [0, 0.05) is 25.7 Å². The highest BCUT2D eigenvalue weighted by Gasteiger charge is 2.24. The molecule has 17 heavy (non-hydrogen) atoms. The van der Waals surface area contributed by atoms with Gasteiger partial charge < -0.3 is 10.1 Å². The van der Waals surface area contributed by atoms with E-state index in [1.807, 2.05) is 0 Å². The molecule has 1 N–H and O–H groups in total. The average molecular weight is 240 g/mol. The van der Waals surface area contributed by atoms with Crippen molar-refractivity contribution in [2.45, 2.75) is 57.6 Å². The van der Waals surface area contributed by atoms with Crippen LogP contribution in [0.4, 0.5) is 0 Å². The second-order valence-electron chi connectivity index (χ2n) is 5.48. The number of hydrogen-bond donors (Lipinski definition) is 1. The van der Waals surface area contributed by atoms with Crippen LogP contribution in [0.3, 0.4) is 0 Å². The summed E-state index contributed by atoms with van der Waals surface area (Å²) in [4.78, 5) is 2.67. The molecule has 2 saturated heterocycles. The number of ether oxygens (including phenoxy) is 1. The van der Waals surface area contributed by atoms with E-state index in [2.05, 4.69) is 17.1 Å². The zero-order valence-corrected chi connectivity index (χ0v) is 11.3. The van der Waals surface area contributed by atoms with Crippen LogP contribution in [0.2, 0.25) is 0 Å². The second-order valence-corrected chi connectivity index (χ2v) is 5.48. The number of hydrogen-bond acceptors (Lipinski definition) is 3. The van der Waals surface area contributed by atoms with Crippen molar-refractivity contribution in [3.8, 4) is 0 Å². The monoisotopic (exact) mass is 240 g/mol. The molecule has 0 saturated carbocycles. The number of piperidine rings is 1. The molecule has 2 unspecified atom stereocenters. The molecular weight excluding hydrogens is 212 g/mol. The predicted octanol–water partition coefficient (Wildman–Crippen LogP) is 2.02. The molecule has 0 bridgehead atoms. The molecule has 0 spiro atoms. The lowest BCUT2D eigenvalue weighted by Crippen LogP contribution is -2.49. The van der Waals surface area contributed by atoms with Gasteiger partial charge in [-0.1, -0.05) is 6.92 Å². The van der Waals surface area contributed by atoms with Crippen molar-refractivity contribution < 1.29 is 4.74 Å². The van der Waals surface area contributed by atoms with Gasteiger partial charge in [0.1, 0.15) is 0 Å². The lowest BCUT2D eigenvalue weighted by atomic mass is 10.0. The first-order valence-electron chi connectivity index (χ1n) is 7.46. The van der Waals surface area contributed by atoms with Crippen molar-refractivity contribution in [1.29, 1.82) is 0 Å². The zero-order chi connectivity index (χ0) is 11.9. The minimum atomic E-state index is 0.497. The van der Waals surface area contributed by atoms with E-state index in [9.17, 15) is 0 Å². The van der Waals surface area contributed by atoms with E-state index in [4.69, 9.17) is 4.74 Å². The summed E-state index contributed by atoms with van der Waals surface area (Å²) < 4.78 is 5.88. The van der Waals surface area contributed by atoms with Crippen LogP contribution in [-0.2, 0) is 4.74 Å². The summed E-state index contributed by atoms with van der Waals surface area (Å²) >= 11 is 0. The third-order valence-electron chi connectivity index (χ3n) is 4.01. The van der Waals surface area contributed by atoms with Crippen LogP contribution in [0.15, 0.2) is 0 Å². The largest absolute Gasteiger partial charge is 0.377 e. The standard InChI is InChI=1S/C14H28N2O/c1-2-9-16(13-6-5-8-15-11-13)12-14-7-3-4-10-17-14/h13-15H,2-12H2,1H3. The maximum atomic E-state index is 5.88. The summed E-state index contributed by atoms with van der Waals surface area (Å²) in [6, 6.07) is 0.745. The maximum absolute atomic E-state index is 5.88. The van der Waals surface area contributed by atoms with Crippen molar-refractivity contribution in [2.75, 3.05) is 32.8 Å². The van der Waals surface area contributed by atoms with Gasteiger partial charge in [-0.15, -0.1) is 0 Å². The molecule has 2 aliphatic rings. The Bertz CT molecular complexity index is 198. The smallest absolute Gasteiger partial charge is 0.0702 e. The SMILES string of the molecule is CCCN(CC1CCCCO1)C1CCCNC1. The first-order chi connectivity index (χ1) is 8.40. The van der Waals surface area contributed by atoms with Crippen molar-refractivity contribution in [1.82, 2.24) is 10.2 Å². The molecule has 100 valence electrons. The second kappa shape index (κ2) is 7.34. The van der Waals surface area contributed by atoms with Crippen molar-refractivity contribution in [3.63, 3.8) is 0 Å². The topological polar surface area (TPSA) is 24.5 Å². The van der Waals surface area contributed by atoms with E-state index >= 15 is 0 Å². The zero-order valence-electron chi connectivity index (χ0n) is 11.3. The van der Waals surface area contributed by atoms with E-state index in [-0.39, 0.29) is 0 Å². The lowest BCUT2D eigenvalue weighted by molar-refractivity contribution is -0.0158.